The van der Waals surface area contributed by atoms with Crippen molar-refractivity contribution in [3.05, 3.63) is 179 Å². The fraction of sp³-hybridized carbons (Fsp3) is 0.0952. The van der Waals surface area contributed by atoms with E-state index in [4.69, 9.17) is 0 Å². The summed E-state index contributed by atoms with van der Waals surface area (Å²) in [6, 6.07) is 52.1. The summed E-state index contributed by atoms with van der Waals surface area (Å²) in [7, 11) is 0. The Hall–Kier alpha value is -5.34. The Labute approximate surface area is 262 Å². The van der Waals surface area contributed by atoms with Crippen LogP contribution in [-0.4, -0.2) is 0 Å². The van der Waals surface area contributed by atoms with Gasteiger partial charge in [-0.3, -0.25) is 0 Å². The van der Waals surface area contributed by atoms with Crippen molar-refractivity contribution in [1.29, 1.82) is 0 Å². The number of benzene rings is 6. The fourth-order valence-corrected chi connectivity index (χ4v) is 5.87. The molecule has 0 aliphatic heterocycles. The molecule has 6 aromatic rings. The van der Waals surface area contributed by atoms with E-state index in [0.29, 0.717) is 0 Å². The van der Waals surface area contributed by atoms with Crippen LogP contribution >= 0.6 is 0 Å². The summed E-state index contributed by atoms with van der Waals surface area (Å²) in [5.41, 5.74) is 14.2. The lowest BCUT2D eigenvalue weighted by atomic mass is 10.1. The zero-order chi connectivity index (χ0) is 30.5. The van der Waals surface area contributed by atoms with Gasteiger partial charge in [0.2, 0.25) is 0 Å². The molecule has 0 unspecified atom stereocenters. The van der Waals surface area contributed by atoms with Crippen LogP contribution in [0.2, 0.25) is 0 Å². The Bertz CT molecular complexity index is 1690. The van der Waals surface area contributed by atoms with Crippen LogP contribution in [0.3, 0.4) is 0 Å². The third-order valence-electron chi connectivity index (χ3n) is 7.73. The highest BCUT2D eigenvalue weighted by Crippen LogP contribution is 2.37. The summed E-state index contributed by atoms with van der Waals surface area (Å²) in [6.07, 6.45) is 4.36. The van der Waals surface area contributed by atoms with Crippen molar-refractivity contribution in [2.75, 3.05) is 9.80 Å². The van der Waals surface area contributed by atoms with Crippen molar-refractivity contribution in [2.45, 2.75) is 27.7 Å². The van der Waals surface area contributed by atoms with Crippen molar-refractivity contribution in [3.8, 4) is 0 Å². The molecule has 0 N–H and O–H groups in total. The van der Waals surface area contributed by atoms with E-state index in [2.05, 4.69) is 195 Å². The third-order valence-corrected chi connectivity index (χ3v) is 7.73. The molecule has 0 aliphatic carbocycles. The molecule has 2 nitrogen and oxygen atoms in total. The number of hydrogen-bond donors (Lipinski definition) is 0. The van der Waals surface area contributed by atoms with E-state index in [-0.39, 0.29) is 0 Å². The quantitative estimate of drug-likeness (QED) is 0.168. The Morgan fingerprint density at radius 1 is 0.318 bits per heavy atom. The fourth-order valence-electron chi connectivity index (χ4n) is 5.87. The van der Waals surface area contributed by atoms with Gasteiger partial charge in [0.1, 0.15) is 0 Å². The molecule has 44 heavy (non-hydrogen) atoms. The first-order valence-corrected chi connectivity index (χ1v) is 15.2. The maximum Gasteiger partial charge on any atom is 0.0466 e. The molecule has 0 fully saturated rings. The number of hydrogen-bond acceptors (Lipinski definition) is 2. The molecule has 0 saturated heterocycles. The number of aryl methyl sites for hydroxylation is 4. The van der Waals surface area contributed by atoms with Gasteiger partial charge in [0.05, 0.1) is 0 Å². The standard InChI is InChI=1S/C42H38N2/c1-31-25-32(2)28-41(27-31)43(37-11-7-5-8-12-37)39-21-17-35(18-22-39)15-16-36-19-23-40(24-20-36)44(38-13-9-6-10-14-38)42-29-33(3)26-34(4)30-42/h5-30H,1-4H3/b16-15+. The third kappa shape index (κ3) is 6.66. The summed E-state index contributed by atoms with van der Waals surface area (Å²) in [5.74, 6) is 0. The molecule has 0 saturated carbocycles. The second-order valence-electron chi connectivity index (χ2n) is 11.6. The molecule has 6 aromatic carbocycles. The first-order chi connectivity index (χ1) is 21.4. The molecule has 0 spiro atoms. The highest BCUT2D eigenvalue weighted by molar-refractivity contribution is 5.80. The number of anilines is 6. The van der Waals surface area contributed by atoms with Crippen LogP contribution in [-0.2, 0) is 0 Å². The summed E-state index contributed by atoms with van der Waals surface area (Å²) in [4.78, 5) is 4.64. The van der Waals surface area contributed by atoms with Gasteiger partial charge in [-0.05, 0) is 134 Å². The lowest BCUT2D eigenvalue weighted by Gasteiger charge is -2.26. The second-order valence-corrected chi connectivity index (χ2v) is 11.6. The first kappa shape index (κ1) is 28.8. The summed E-state index contributed by atoms with van der Waals surface area (Å²) < 4.78 is 0. The average Bonchev–Trinajstić information content (AvgIpc) is 3.02. The molecule has 0 heterocycles. The van der Waals surface area contributed by atoms with E-state index in [0.717, 1.165) is 33.9 Å². The van der Waals surface area contributed by atoms with Gasteiger partial charge in [0.25, 0.3) is 0 Å². The largest absolute Gasteiger partial charge is 0.310 e. The smallest absolute Gasteiger partial charge is 0.0466 e. The molecular formula is C42H38N2. The van der Waals surface area contributed by atoms with E-state index in [1.165, 1.54) is 33.6 Å². The Balaban J connectivity index is 1.25. The minimum absolute atomic E-state index is 1.13. The van der Waals surface area contributed by atoms with Crippen molar-refractivity contribution in [2.24, 2.45) is 0 Å². The van der Waals surface area contributed by atoms with Crippen LogP contribution in [0.1, 0.15) is 33.4 Å². The van der Waals surface area contributed by atoms with Gasteiger partial charge in [-0.25, -0.2) is 0 Å². The van der Waals surface area contributed by atoms with Gasteiger partial charge in [-0.2, -0.15) is 0 Å². The van der Waals surface area contributed by atoms with Crippen molar-refractivity contribution in [1.82, 2.24) is 0 Å². The average molecular weight is 571 g/mol. The maximum absolute atomic E-state index is 2.32. The van der Waals surface area contributed by atoms with Crippen molar-refractivity contribution < 1.29 is 0 Å². The van der Waals surface area contributed by atoms with Gasteiger partial charge >= 0.3 is 0 Å². The summed E-state index contributed by atoms with van der Waals surface area (Å²) >= 11 is 0. The monoisotopic (exact) mass is 570 g/mol. The molecular weight excluding hydrogens is 532 g/mol. The van der Waals surface area contributed by atoms with Gasteiger partial charge in [-0.1, -0.05) is 84.9 Å². The highest BCUT2D eigenvalue weighted by Gasteiger charge is 2.14. The number of nitrogens with zero attached hydrogens (tertiary/aromatic N) is 2. The second kappa shape index (κ2) is 12.9. The van der Waals surface area contributed by atoms with Crippen molar-refractivity contribution in [3.63, 3.8) is 0 Å². The molecule has 0 radical (unpaired) electrons. The van der Waals surface area contributed by atoms with E-state index in [1.54, 1.807) is 0 Å². The molecule has 0 aliphatic rings. The molecule has 0 aromatic heterocycles. The van der Waals surface area contributed by atoms with Crippen molar-refractivity contribution >= 4 is 46.3 Å². The van der Waals surface area contributed by atoms with Gasteiger partial charge in [0, 0.05) is 34.1 Å². The minimum Gasteiger partial charge on any atom is -0.310 e. The molecule has 0 amide bonds. The maximum atomic E-state index is 2.32. The summed E-state index contributed by atoms with van der Waals surface area (Å²) in [5, 5.41) is 0. The van der Waals surface area contributed by atoms with E-state index < -0.39 is 0 Å². The lowest BCUT2D eigenvalue weighted by molar-refractivity contribution is 1.25. The Morgan fingerprint density at radius 2 is 0.614 bits per heavy atom. The zero-order valence-corrected chi connectivity index (χ0v) is 25.9. The van der Waals surface area contributed by atoms with Crippen LogP contribution in [0.5, 0.6) is 0 Å². The highest BCUT2D eigenvalue weighted by atomic mass is 15.1. The van der Waals surface area contributed by atoms with E-state index in [9.17, 15) is 0 Å². The molecule has 0 bridgehead atoms. The van der Waals surface area contributed by atoms with Crippen LogP contribution in [0.25, 0.3) is 12.2 Å². The van der Waals surface area contributed by atoms with Gasteiger partial charge < -0.3 is 9.80 Å². The number of rotatable bonds is 8. The molecule has 0 atom stereocenters. The number of para-hydroxylation sites is 2. The Morgan fingerprint density at radius 3 is 0.932 bits per heavy atom. The Kier molecular flexibility index (Phi) is 8.43. The molecule has 2 heteroatoms. The minimum atomic E-state index is 1.13. The predicted molar refractivity (Wildman–Crippen MR) is 190 cm³/mol. The lowest BCUT2D eigenvalue weighted by Crippen LogP contribution is -2.10. The molecule has 6 rings (SSSR count). The zero-order valence-electron chi connectivity index (χ0n) is 25.9. The van der Waals surface area contributed by atoms with Gasteiger partial charge in [0.15, 0.2) is 0 Å². The van der Waals surface area contributed by atoms with Gasteiger partial charge in [-0.15, -0.1) is 0 Å². The van der Waals surface area contributed by atoms with Crippen LogP contribution in [0, 0.1) is 27.7 Å². The normalized spacial score (nSPS) is 11.1. The van der Waals surface area contributed by atoms with Crippen LogP contribution in [0.15, 0.2) is 146 Å². The van der Waals surface area contributed by atoms with Crippen LogP contribution < -0.4 is 9.80 Å². The molecule has 216 valence electrons. The van der Waals surface area contributed by atoms with E-state index in [1.807, 2.05) is 0 Å². The van der Waals surface area contributed by atoms with Crippen LogP contribution in [0.4, 0.5) is 34.1 Å². The predicted octanol–water partition coefficient (Wildman–Crippen LogP) is 12.0. The SMILES string of the molecule is Cc1cc(C)cc(N(c2ccccc2)c2ccc(/C=C/c3ccc(N(c4ccccc4)c4cc(C)cc(C)c4)cc3)cc2)c1. The first-order valence-electron chi connectivity index (χ1n) is 15.2. The topological polar surface area (TPSA) is 6.48 Å². The summed E-state index contributed by atoms with van der Waals surface area (Å²) in [6.45, 7) is 8.62. The van der Waals surface area contributed by atoms with E-state index >= 15 is 0 Å².